The predicted octanol–water partition coefficient (Wildman–Crippen LogP) is 1.65. The summed E-state index contributed by atoms with van der Waals surface area (Å²) < 4.78 is 2.07. The van der Waals surface area contributed by atoms with E-state index in [1.807, 2.05) is 17.5 Å². The molecule has 2 N–H and O–H groups in total. The number of thiophene rings is 1. The number of nitrogens with one attached hydrogen (secondary N) is 2. The second-order valence-electron chi connectivity index (χ2n) is 4.17. The molecule has 1 atom stereocenters. The first-order valence-corrected chi connectivity index (χ1v) is 7.00. The summed E-state index contributed by atoms with van der Waals surface area (Å²) in [5.74, 6) is 0.0648. The Morgan fingerprint density at radius 2 is 2.32 bits per heavy atom. The van der Waals surface area contributed by atoms with Crippen molar-refractivity contribution >= 4 is 35.4 Å². The zero-order valence-electron chi connectivity index (χ0n) is 9.75. The maximum absolute atomic E-state index is 11.9. The Hall–Kier alpha value is -1.80. The molecule has 0 bridgehead atoms. The summed E-state index contributed by atoms with van der Waals surface area (Å²) in [5, 5.41) is 11.2. The van der Waals surface area contributed by atoms with Crippen LogP contribution in [0.2, 0.25) is 0 Å². The van der Waals surface area contributed by atoms with E-state index in [0.29, 0.717) is 23.4 Å². The summed E-state index contributed by atoms with van der Waals surface area (Å²) >= 11 is 6.72. The van der Waals surface area contributed by atoms with Crippen molar-refractivity contribution in [2.75, 3.05) is 0 Å². The third-order valence-corrected chi connectivity index (χ3v) is 4.12. The summed E-state index contributed by atoms with van der Waals surface area (Å²) in [6.45, 7) is 0. The summed E-state index contributed by atoms with van der Waals surface area (Å²) in [6.07, 6.45) is 0.754. The van der Waals surface area contributed by atoms with Gasteiger partial charge in [-0.1, -0.05) is 6.07 Å². The van der Waals surface area contributed by atoms with E-state index in [1.165, 1.54) is 11.3 Å². The van der Waals surface area contributed by atoms with Gasteiger partial charge in [0.15, 0.2) is 10.6 Å². The van der Waals surface area contributed by atoms with E-state index in [4.69, 9.17) is 12.2 Å². The SMILES string of the molecule is O=C1CCC(n2c(-c3cccs3)n[nH]c2=S)C(=O)N1. The highest BCUT2D eigenvalue weighted by Gasteiger charge is 2.30. The first-order chi connectivity index (χ1) is 9.16. The molecule has 0 aromatic carbocycles. The van der Waals surface area contributed by atoms with Crippen molar-refractivity contribution in [3.63, 3.8) is 0 Å². The fourth-order valence-corrected chi connectivity index (χ4v) is 3.07. The normalized spacial score (nSPS) is 19.5. The van der Waals surface area contributed by atoms with Crippen LogP contribution in [0.4, 0.5) is 0 Å². The number of carbonyl (C=O) groups excluding carboxylic acids is 2. The quantitative estimate of drug-likeness (QED) is 0.652. The van der Waals surface area contributed by atoms with Crippen LogP contribution in [0.3, 0.4) is 0 Å². The molecule has 3 heterocycles. The zero-order valence-corrected chi connectivity index (χ0v) is 11.4. The van der Waals surface area contributed by atoms with Gasteiger partial charge in [0.1, 0.15) is 6.04 Å². The van der Waals surface area contributed by atoms with Crippen molar-refractivity contribution in [1.82, 2.24) is 20.1 Å². The van der Waals surface area contributed by atoms with Crippen LogP contribution in [0, 0.1) is 4.77 Å². The first kappa shape index (κ1) is 12.2. The van der Waals surface area contributed by atoms with Gasteiger partial charge in [-0.25, -0.2) is 0 Å². The Bertz CT molecular complexity index is 686. The highest BCUT2D eigenvalue weighted by Crippen LogP contribution is 2.28. The van der Waals surface area contributed by atoms with E-state index < -0.39 is 6.04 Å². The second kappa shape index (κ2) is 4.71. The lowest BCUT2D eigenvalue weighted by Crippen LogP contribution is -2.41. The van der Waals surface area contributed by atoms with Gasteiger partial charge in [-0.2, -0.15) is 5.10 Å². The minimum absolute atomic E-state index is 0.242. The van der Waals surface area contributed by atoms with Crippen molar-refractivity contribution in [3.8, 4) is 10.7 Å². The second-order valence-corrected chi connectivity index (χ2v) is 5.50. The first-order valence-electron chi connectivity index (χ1n) is 5.71. The number of H-pyrrole nitrogens is 1. The van der Waals surface area contributed by atoms with Gasteiger partial charge in [0.25, 0.3) is 0 Å². The number of aromatic amines is 1. The maximum Gasteiger partial charge on any atom is 0.249 e. The average Bonchev–Trinajstić information content (AvgIpc) is 2.99. The van der Waals surface area contributed by atoms with Gasteiger partial charge >= 0.3 is 0 Å². The van der Waals surface area contributed by atoms with E-state index in [2.05, 4.69) is 15.5 Å². The molecule has 6 nitrogen and oxygen atoms in total. The van der Waals surface area contributed by atoms with Crippen LogP contribution in [0.1, 0.15) is 18.9 Å². The number of amides is 2. The number of imide groups is 1. The lowest BCUT2D eigenvalue weighted by molar-refractivity contribution is -0.135. The van der Waals surface area contributed by atoms with Crippen molar-refractivity contribution in [2.24, 2.45) is 0 Å². The zero-order chi connectivity index (χ0) is 13.4. The molecule has 1 aliphatic rings. The van der Waals surface area contributed by atoms with Crippen LogP contribution in [-0.2, 0) is 9.59 Å². The fourth-order valence-electron chi connectivity index (χ4n) is 2.10. The van der Waals surface area contributed by atoms with E-state index in [1.54, 1.807) is 4.57 Å². The van der Waals surface area contributed by atoms with Gasteiger partial charge in [-0.15, -0.1) is 11.3 Å². The van der Waals surface area contributed by atoms with Crippen LogP contribution >= 0.6 is 23.6 Å². The largest absolute Gasteiger partial charge is 0.295 e. The van der Waals surface area contributed by atoms with Crippen molar-refractivity contribution < 1.29 is 9.59 Å². The molecule has 0 aliphatic carbocycles. The molecule has 3 rings (SSSR count). The molecule has 0 saturated carbocycles. The summed E-state index contributed by atoms with van der Waals surface area (Å²) in [5.41, 5.74) is 0. The van der Waals surface area contributed by atoms with Crippen LogP contribution in [-0.4, -0.2) is 26.6 Å². The molecule has 8 heteroatoms. The number of carbonyl (C=O) groups is 2. The molecule has 0 spiro atoms. The molecule has 19 heavy (non-hydrogen) atoms. The van der Waals surface area contributed by atoms with Gasteiger partial charge in [0, 0.05) is 6.42 Å². The number of nitrogens with zero attached hydrogens (tertiary/aromatic N) is 2. The van der Waals surface area contributed by atoms with Crippen LogP contribution in [0.15, 0.2) is 17.5 Å². The Balaban J connectivity index is 2.06. The molecule has 0 radical (unpaired) electrons. The molecule has 1 aliphatic heterocycles. The van der Waals surface area contributed by atoms with Gasteiger partial charge < -0.3 is 0 Å². The van der Waals surface area contributed by atoms with E-state index >= 15 is 0 Å². The molecule has 1 fully saturated rings. The molecule has 1 unspecified atom stereocenters. The number of hydrogen-bond donors (Lipinski definition) is 2. The summed E-state index contributed by atoms with van der Waals surface area (Å²) in [7, 11) is 0. The maximum atomic E-state index is 11.9. The van der Waals surface area contributed by atoms with Crippen LogP contribution in [0.25, 0.3) is 10.7 Å². The minimum Gasteiger partial charge on any atom is -0.295 e. The smallest absolute Gasteiger partial charge is 0.249 e. The average molecular weight is 294 g/mol. The molecule has 98 valence electrons. The monoisotopic (exact) mass is 294 g/mol. The van der Waals surface area contributed by atoms with Gasteiger partial charge in [-0.3, -0.25) is 24.6 Å². The summed E-state index contributed by atoms with van der Waals surface area (Å²) in [4.78, 5) is 24.1. The Kier molecular flexibility index (Phi) is 3.03. The van der Waals surface area contributed by atoms with Crippen molar-refractivity contribution in [1.29, 1.82) is 0 Å². The molecular formula is C11H10N4O2S2. The van der Waals surface area contributed by atoms with E-state index in [-0.39, 0.29) is 11.8 Å². The predicted molar refractivity (Wildman–Crippen MR) is 72.1 cm³/mol. The van der Waals surface area contributed by atoms with Crippen molar-refractivity contribution in [2.45, 2.75) is 18.9 Å². The lowest BCUT2D eigenvalue weighted by Gasteiger charge is -2.22. The number of aromatic nitrogens is 3. The van der Waals surface area contributed by atoms with Crippen molar-refractivity contribution in [3.05, 3.63) is 22.3 Å². The Labute approximate surface area is 117 Å². The molecular weight excluding hydrogens is 284 g/mol. The fraction of sp³-hybridized carbons (Fsp3) is 0.273. The molecule has 1 saturated heterocycles. The molecule has 2 amide bonds. The summed E-state index contributed by atoms with van der Waals surface area (Å²) in [6, 6.07) is 3.34. The van der Waals surface area contributed by atoms with Gasteiger partial charge in [0.2, 0.25) is 11.8 Å². The third kappa shape index (κ3) is 2.13. The number of rotatable bonds is 2. The molecule has 2 aromatic heterocycles. The van der Waals surface area contributed by atoms with Gasteiger partial charge in [0.05, 0.1) is 4.88 Å². The number of piperidine rings is 1. The highest BCUT2D eigenvalue weighted by atomic mass is 32.1. The van der Waals surface area contributed by atoms with Crippen LogP contribution in [0.5, 0.6) is 0 Å². The lowest BCUT2D eigenvalue weighted by atomic mass is 10.1. The van der Waals surface area contributed by atoms with E-state index in [0.717, 1.165) is 4.88 Å². The Morgan fingerprint density at radius 1 is 1.47 bits per heavy atom. The minimum atomic E-state index is -0.485. The molecule has 2 aromatic rings. The van der Waals surface area contributed by atoms with Crippen LogP contribution < -0.4 is 5.32 Å². The standard InChI is InChI=1S/C11H10N4O2S2/c16-8-4-3-6(10(17)12-8)15-9(13-14-11(15)18)7-2-1-5-19-7/h1-2,5-6H,3-4H2,(H,14,18)(H,12,16,17). The topological polar surface area (TPSA) is 79.8 Å². The third-order valence-electron chi connectivity index (χ3n) is 2.97. The van der Waals surface area contributed by atoms with E-state index in [9.17, 15) is 9.59 Å². The van der Waals surface area contributed by atoms with Gasteiger partial charge in [-0.05, 0) is 30.1 Å². The Morgan fingerprint density at radius 3 is 3.00 bits per heavy atom. The highest BCUT2D eigenvalue weighted by molar-refractivity contribution is 7.71. The number of hydrogen-bond acceptors (Lipinski definition) is 5.